The minimum absolute atomic E-state index is 0.122. The SMILES string of the molecule is Cc1c(C(=O)NC2(CC(=O)O)CCC2)cccc1[N+](=O)[O-]. The third-order valence-corrected chi connectivity index (χ3v) is 3.93. The molecule has 0 aromatic heterocycles. The second kappa shape index (κ2) is 5.51. The van der Waals surface area contributed by atoms with Crippen molar-refractivity contribution in [3.05, 3.63) is 39.4 Å². The zero-order chi connectivity index (χ0) is 15.6. The molecule has 1 aliphatic carbocycles. The molecule has 0 spiro atoms. The molecule has 1 amide bonds. The summed E-state index contributed by atoms with van der Waals surface area (Å²) in [6, 6.07) is 4.29. The van der Waals surface area contributed by atoms with Crippen molar-refractivity contribution in [2.24, 2.45) is 0 Å². The molecular weight excluding hydrogens is 276 g/mol. The van der Waals surface area contributed by atoms with E-state index in [9.17, 15) is 19.7 Å². The molecule has 1 saturated carbocycles. The molecule has 0 unspecified atom stereocenters. The number of benzene rings is 1. The van der Waals surface area contributed by atoms with E-state index in [4.69, 9.17) is 5.11 Å². The Bertz CT molecular complexity index is 607. The van der Waals surface area contributed by atoms with E-state index in [1.165, 1.54) is 25.1 Å². The minimum atomic E-state index is -0.967. The van der Waals surface area contributed by atoms with Gasteiger partial charge in [0.15, 0.2) is 0 Å². The largest absolute Gasteiger partial charge is 0.481 e. The van der Waals surface area contributed by atoms with Gasteiger partial charge in [-0.25, -0.2) is 0 Å². The average Bonchev–Trinajstić information content (AvgIpc) is 2.35. The van der Waals surface area contributed by atoms with Crippen molar-refractivity contribution in [3.8, 4) is 0 Å². The molecule has 0 aliphatic heterocycles. The van der Waals surface area contributed by atoms with Gasteiger partial charge in [-0.3, -0.25) is 19.7 Å². The van der Waals surface area contributed by atoms with Gasteiger partial charge in [0.25, 0.3) is 11.6 Å². The summed E-state index contributed by atoms with van der Waals surface area (Å²) in [5.41, 5.74) is -0.353. The summed E-state index contributed by atoms with van der Waals surface area (Å²) in [4.78, 5) is 33.6. The molecule has 7 heteroatoms. The van der Waals surface area contributed by atoms with Crippen molar-refractivity contribution in [3.63, 3.8) is 0 Å². The molecule has 21 heavy (non-hydrogen) atoms. The first-order chi connectivity index (χ1) is 9.84. The van der Waals surface area contributed by atoms with Crippen LogP contribution >= 0.6 is 0 Å². The molecule has 0 saturated heterocycles. The molecule has 0 heterocycles. The molecule has 7 nitrogen and oxygen atoms in total. The summed E-state index contributed by atoms with van der Waals surface area (Å²) in [5.74, 6) is -1.43. The highest BCUT2D eigenvalue weighted by atomic mass is 16.6. The average molecular weight is 292 g/mol. The van der Waals surface area contributed by atoms with Crippen LogP contribution in [0.3, 0.4) is 0 Å². The molecule has 0 bridgehead atoms. The zero-order valence-electron chi connectivity index (χ0n) is 11.6. The van der Waals surface area contributed by atoms with Gasteiger partial charge in [0, 0.05) is 17.2 Å². The third-order valence-electron chi connectivity index (χ3n) is 3.93. The van der Waals surface area contributed by atoms with E-state index in [0.29, 0.717) is 12.8 Å². The Hall–Kier alpha value is -2.44. The number of aliphatic carboxylic acids is 1. The van der Waals surface area contributed by atoms with Crippen LogP contribution < -0.4 is 5.32 Å². The van der Waals surface area contributed by atoms with E-state index in [0.717, 1.165) is 6.42 Å². The van der Waals surface area contributed by atoms with Crippen LogP contribution in [0.25, 0.3) is 0 Å². The molecule has 1 aliphatic rings. The molecule has 0 atom stereocenters. The third kappa shape index (κ3) is 3.01. The molecule has 2 N–H and O–H groups in total. The maximum atomic E-state index is 12.3. The number of hydrogen-bond donors (Lipinski definition) is 2. The van der Waals surface area contributed by atoms with Gasteiger partial charge in [-0.15, -0.1) is 0 Å². The number of amides is 1. The fourth-order valence-electron chi connectivity index (χ4n) is 2.61. The number of carboxylic acids is 1. The molecule has 0 radical (unpaired) electrons. The Morgan fingerprint density at radius 1 is 1.43 bits per heavy atom. The summed E-state index contributed by atoms with van der Waals surface area (Å²) in [6.07, 6.45) is 1.95. The number of nitrogens with zero attached hydrogens (tertiary/aromatic N) is 1. The normalized spacial score (nSPS) is 15.9. The zero-order valence-corrected chi connectivity index (χ0v) is 11.6. The van der Waals surface area contributed by atoms with E-state index in [2.05, 4.69) is 5.32 Å². The standard InChI is InChI=1S/C14H16N2O5/c1-9-10(4-2-5-11(9)16(20)21)13(19)15-14(6-3-7-14)8-12(17)18/h2,4-5H,3,6-8H2,1H3,(H,15,19)(H,17,18). The predicted octanol–water partition coefficient (Wildman–Crippen LogP) is 2.03. The van der Waals surface area contributed by atoms with Gasteiger partial charge < -0.3 is 10.4 Å². The summed E-state index contributed by atoms with van der Waals surface area (Å²) >= 11 is 0. The molecule has 112 valence electrons. The number of carboxylic acid groups (broad SMARTS) is 1. The van der Waals surface area contributed by atoms with Crippen LogP contribution in [-0.4, -0.2) is 27.4 Å². The summed E-state index contributed by atoms with van der Waals surface area (Å²) < 4.78 is 0. The van der Waals surface area contributed by atoms with E-state index < -0.39 is 22.3 Å². The Balaban J connectivity index is 2.23. The fraction of sp³-hybridized carbons (Fsp3) is 0.429. The van der Waals surface area contributed by atoms with Crippen LogP contribution in [0.5, 0.6) is 0 Å². The quantitative estimate of drug-likeness (QED) is 0.637. The minimum Gasteiger partial charge on any atom is -0.481 e. The topological polar surface area (TPSA) is 110 Å². The number of nitro groups is 1. The fourth-order valence-corrected chi connectivity index (χ4v) is 2.61. The van der Waals surface area contributed by atoms with E-state index in [1.54, 1.807) is 0 Å². The second-order valence-electron chi connectivity index (χ2n) is 5.37. The van der Waals surface area contributed by atoms with Gasteiger partial charge in [0.2, 0.25) is 0 Å². The highest BCUT2D eigenvalue weighted by Crippen LogP contribution is 2.35. The molecule has 1 aromatic rings. The van der Waals surface area contributed by atoms with Gasteiger partial charge in [-0.05, 0) is 32.3 Å². The Morgan fingerprint density at radius 2 is 2.10 bits per heavy atom. The lowest BCUT2D eigenvalue weighted by molar-refractivity contribution is -0.385. The maximum Gasteiger partial charge on any atom is 0.305 e. The van der Waals surface area contributed by atoms with E-state index in [-0.39, 0.29) is 23.2 Å². The number of carbonyl (C=O) groups is 2. The van der Waals surface area contributed by atoms with Crippen LogP contribution in [-0.2, 0) is 4.79 Å². The second-order valence-corrected chi connectivity index (χ2v) is 5.37. The van der Waals surface area contributed by atoms with Gasteiger partial charge in [-0.2, -0.15) is 0 Å². The number of nitrogens with one attached hydrogen (secondary N) is 1. The molecule has 1 aromatic carbocycles. The van der Waals surface area contributed by atoms with Gasteiger partial charge in [0.1, 0.15) is 0 Å². The molecule has 1 fully saturated rings. The van der Waals surface area contributed by atoms with Crippen molar-refractivity contribution in [1.82, 2.24) is 5.32 Å². The monoisotopic (exact) mass is 292 g/mol. The van der Waals surface area contributed by atoms with E-state index in [1.807, 2.05) is 0 Å². The number of rotatable bonds is 5. The summed E-state index contributed by atoms with van der Waals surface area (Å²) in [6.45, 7) is 1.51. The number of nitro benzene ring substituents is 1. The van der Waals surface area contributed by atoms with Crippen LogP contribution in [0.2, 0.25) is 0 Å². The summed E-state index contributed by atoms with van der Waals surface area (Å²) in [7, 11) is 0. The first-order valence-corrected chi connectivity index (χ1v) is 6.63. The smallest absolute Gasteiger partial charge is 0.305 e. The van der Waals surface area contributed by atoms with Crippen LogP contribution in [0.4, 0.5) is 5.69 Å². The molecule has 2 rings (SSSR count). The predicted molar refractivity (Wildman–Crippen MR) is 74.1 cm³/mol. The Morgan fingerprint density at radius 3 is 2.57 bits per heavy atom. The van der Waals surface area contributed by atoms with Crippen molar-refractivity contribution in [2.75, 3.05) is 0 Å². The lowest BCUT2D eigenvalue weighted by Gasteiger charge is -2.41. The van der Waals surface area contributed by atoms with Gasteiger partial charge in [-0.1, -0.05) is 6.07 Å². The lowest BCUT2D eigenvalue weighted by Crippen LogP contribution is -2.54. The van der Waals surface area contributed by atoms with Crippen LogP contribution in [0.15, 0.2) is 18.2 Å². The van der Waals surface area contributed by atoms with Gasteiger partial charge >= 0.3 is 5.97 Å². The number of carbonyl (C=O) groups excluding carboxylic acids is 1. The highest BCUT2D eigenvalue weighted by Gasteiger charge is 2.40. The maximum absolute atomic E-state index is 12.3. The van der Waals surface area contributed by atoms with Gasteiger partial charge in [0.05, 0.1) is 16.9 Å². The van der Waals surface area contributed by atoms with Crippen molar-refractivity contribution < 1.29 is 19.6 Å². The molecular formula is C14H16N2O5. The van der Waals surface area contributed by atoms with E-state index >= 15 is 0 Å². The lowest BCUT2D eigenvalue weighted by atomic mass is 9.74. The Labute approximate surface area is 121 Å². The van der Waals surface area contributed by atoms with Crippen LogP contribution in [0, 0.1) is 17.0 Å². The van der Waals surface area contributed by atoms with Crippen molar-refractivity contribution in [1.29, 1.82) is 0 Å². The van der Waals surface area contributed by atoms with Crippen molar-refractivity contribution in [2.45, 2.75) is 38.1 Å². The van der Waals surface area contributed by atoms with Crippen molar-refractivity contribution >= 4 is 17.6 Å². The summed E-state index contributed by atoms with van der Waals surface area (Å²) in [5, 5.41) is 22.6. The first kappa shape index (κ1) is 15.0. The highest BCUT2D eigenvalue weighted by molar-refractivity contribution is 5.97. The first-order valence-electron chi connectivity index (χ1n) is 6.63. The number of hydrogen-bond acceptors (Lipinski definition) is 4. The Kier molecular flexibility index (Phi) is 3.93. The van der Waals surface area contributed by atoms with Crippen LogP contribution in [0.1, 0.15) is 41.6 Å².